The Hall–Kier alpha value is -2.56. The maximum Gasteiger partial charge on any atom is 0.342 e. The Bertz CT molecular complexity index is 673. The number of rotatable bonds is 4. The number of nitrogens with one attached hydrogen (secondary N) is 1. The van der Waals surface area contributed by atoms with Crippen LogP contribution in [0.1, 0.15) is 27.2 Å². The highest BCUT2D eigenvalue weighted by molar-refractivity contribution is 5.96. The summed E-state index contributed by atoms with van der Waals surface area (Å²) in [6.07, 6.45) is 1.40. The molecule has 1 heterocycles. The summed E-state index contributed by atoms with van der Waals surface area (Å²) < 4.78 is 9.97. The van der Waals surface area contributed by atoms with Crippen molar-refractivity contribution in [3.05, 3.63) is 53.0 Å². The highest BCUT2D eigenvalue weighted by Gasteiger charge is 2.14. The van der Waals surface area contributed by atoms with Gasteiger partial charge in [-0.3, -0.25) is 4.79 Å². The zero-order chi connectivity index (χ0) is 15.4. The molecule has 0 radical (unpaired) electrons. The number of aryl methyl sites for hydroxylation is 3. The Morgan fingerprint density at radius 2 is 1.95 bits per heavy atom. The first-order valence-corrected chi connectivity index (χ1v) is 6.55. The minimum atomic E-state index is -0.572. The molecule has 5 heteroatoms. The maximum absolute atomic E-state index is 11.8. The summed E-state index contributed by atoms with van der Waals surface area (Å²) in [4.78, 5) is 23.5. The average Bonchev–Trinajstić information content (AvgIpc) is 2.85. The average molecular weight is 287 g/mol. The first kappa shape index (κ1) is 14.8. The normalized spacial score (nSPS) is 10.2. The number of carbonyl (C=O) groups is 2. The van der Waals surface area contributed by atoms with Crippen LogP contribution in [0.15, 0.2) is 34.9 Å². The van der Waals surface area contributed by atoms with E-state index in [2.05, 4.69) is 5.32 Å². The first-order valence-electron chi connectivity index (χ1n) is 6.55. The van der Waals surface area contributed by atoms with Crippen LogP contribution >= 0.6 is 0 Å². The molecule has 0 atom stereocenters. The monoisotopic (exact) mass is 287 g/mol. The molecule has 0 unspecified atom stereocenters. The molecule has 0 aliphatic rings. The largest absolute Gasteiger partial charge is 0.469 e. The van der Waals surface area contributed by atoms with Crippen molar-refractivity contribution in [2.75, 3.05) is 11.9 Å². The number of furan rings is 1. The second-order valence-corrected chi connectivity index (χ2v) is 4.83. The van der Waals surface area contributed by atoms with E-state index in [0.29, 0.717) is 17.0 Å². The van der Waals surface area contributed by atoms with Gasteiger partial charge in [0.15, 0.2) is 6.61 Å². The quantitative estimate of drug-likeness (QED) is 0.878. The lowest BCUT2D eigenvalue weighted by Crippen LogP contribution is -2.21. The zero-order valence-electron chi connectivity index (χ0n) is 12.2. The molecule has 0 saturated heterocycles. The van der Waals surface area contributed by atoms with Gasteiger partial charge in [-0.05, 0) is 38.5 Å². The summed E-state index contributed by atoms with van der Waals surface area (Å²) in [6.45, 7) is 5.21. The molecule has 0 aliphatic carbocycles. The van der Waals surface area contributed by atoms with Crippen molar-refractivity contribution >= 4 is 17.6 Å². The van der Waals surface area contributed by atoms with Crippen LogP contribution in [0.3, 0.4) is 0 Å². The van der Waals surface area contributed by atoms with E-state index in [4.69, 9.17) is 9.15 Å². The summed E-state index contributed by atoms with van der Waals surface area (Å²) in [6, 6.07) is 7.21. The van der Waals surface area contributed by atoms with Gasteiger partial charge in [0.2, 0.25) is 0 Å². The van der Waals surface area contributed by atoms with Crippen molar-refractivity contribution in [1.29, 1.82) is 0 Å². The molecule has 0 fully saturated rings. The first-order chi connectivity index (χ1) is 9.97. The molecule has 1 amide bonds. The third-order valence-electron chi connectivity index (χ3n) is 3.07. The number of esters is 1. The van der Waals surface area contributed by atoms with Gasteiger partial charge < -0.3 is 14.5 Å². The number of hydrogen-bond acceptors (Lipinski definition) is 4. The summed E-state index contributed by atoms with van der Waals surface area (Å²) in [5.74, 6) is -0.483. The van der Waals surface area contributed by atoms with Crippen LogP contribution in [0.5, 0.6) is 0 Å². The topological polar surface area (TPSA) is 68.5 Å². The fourth-order valence-electron chi connectivity index (χ4n) is 1.95. The molecule has 1 aromatic heterocycles. The number of hydrogen-bond donors (Lipinski definition) is 1. The van der Waals surface area contributed by atoms with Crippen molar-refractivity contribution in [2.24, 2.45) is 0 Å². The zero-order valence-corrected chi connectivity index (χ0v) is 12.2. The van der Waals surface area contributed by atoms with Gasteiger partial charge in [-0.25, -0.2) is 4.79 Å². The summed E-state index contributed by atoms with van der Waals surface area (Å²) >= 11 is 0. The van der Waals surface area contributed by atoms with Crippen LogP contribution in [-0.2, 0) is 9.53 Å². The number of anilines is 1. The number of benzene rings is 1. The van der Waals surface area contributed by atoms with E-state index >= 15 is 0 Å². The Morgan fingerprint density at radius 1 is 1.19 bits per heavy atom. The lowest BCUT2D eigenvalue weighted by Gasteiger charge is -2.09. The van der Waals surface area contributed by atoms with Crippen molar-refractivity contribution in [2.45, 2.75) is 20.8 Å². The highest BCUT2D eigenvalue weighted by atomic mass is 16.5. The number of ether oxygens (including phenoxy) is 1. The van der Waals surface area contributed by atoms with Crippen LogP contribution < -0.4 is 5.32 Å². The minimum absolute atomic E-state index is 0.328. The molecule has 0 aliphatic heterocycles. The Labute approximate surface area is 122 Å². The summed E-state index contributed by atoms with van der Waals surface area (Å²) in [5, 5.41) is 2.71. The van der Waals surface area contributed by atoms with Gasteiger partial charge >= 0.3 is 5.97 Å². The van der Waals surface area contributed by atoms with Crippen molar-refractivity contribution in [3.8, 4) is 0 Å². The van der Waals surface area contributed by atoms with E-state index in [1.54, 1.807) is 6.92 Å². The molecule has 1 N–H and O–H groups in total. The van der Waals surface area contributed by atoms with Gasteiger partial charge in [-0.1, -0.05) is 17.7 Å². The standard InChI is InChI=1S/C16H17NO4/c1-10-4-5-14(11(2)8-10)17-15(18)9-21-16(19)13-6-7-20-12(13)3/h4-8H,9H2,1-3H3,(H,17,18). The van der Waals surface area contributed by atoms with E-state index < -0.39 is 5.97 Å². The highest BCUT2D eigenvalue weighted by Crippen LogP contribution is 2.16. The molecule has 1 aromatic carbocycles. The van der Waals surface area contributed by atoms with Gasteiger partial charge in [0, 0.05) is 5.69 Å². The summed E-state index contributed by atoms with van der Waals surface area (Å²) in [5.41, 5.74) is 3.11. The summed E-state index contributed by atoms with van der Waals surface area (Å²) in [7, 11) is 0. The van der Waals surface area contributed by atoms with Crippen LogP contribution in [0.2, 0.25) is 0 Å². The molecular formula is C16H17NO4. The van der Waals surface area contributed by atoms with E-state index in [9.17, 15) is 9.59 Å². The molecule has 2 aromatic rings. The lowest BCUT2D eigenvalue weighted by molar-refractivity contribution is -0.119. The molecular weight excluding hydrogens is 270 g/mol. The molecule has 5 nitrogen and oxygen atoms in total. The smallest absolute Gasteiger partial charge is 0.342 e. The van der Waals surface area contributed by atoms with Crippen molar-refractivity contribution in [1.82, 2.24) is 0 Å². The minimum Gasteiger partial charge on any atom is -0.469 e. The maximum atomic E-state index is 11.8. The molecule has 110 valence electrons. The lowest BCUT2D eigenvalue weighted by atomic mass is 10.1. The van der Waals surface area contributed by atoms with Crippen molar-refractivity contribution < 1.29 is 18.7 Å². The Balaban J connectivity index is 1.90. The molecule has 0 bridgehead atoms. The van der Waals surface area contributed by atoms with Crippen molar-refractivity contribution in [3.63, 3.8) is 0 Å². The van der Waals surface area contributed by atoms with Crippen LogP contribution in [0, 0.1) is 20.8 Å². The molecule has 0 spiro atoms. The van der Waals surface area contributed by atoms with E-state index in [0.717, 1.165) is 11.1 Å². The fourth-order valence-corrected chi connectivity index (χ4v) is 1.95. The van der Waals surface area contributed by atoms with E-state index in [1.165, 1.54) is 12.3 Å². The van der Waals surface area contributed by atoms with Gasteiger partial charge in [-0.15, -0.1) is 0 Å². The van der Waals surface area contributed by atoms with Crippen LogP contribution in [0.4, 0.5) is 5.69 Å². The predicted molar refractivity (Wildman–Crippen MR) is 78.3 cm³/mol. The number of amides is 1. The van der Waals surface area contributed by atoms with E-state index in [-0.39, 0.29) is 12.5 Å². The second kappa shape index (κ2) is 6.26. The fraction of sp³-hybridized carbons (Fsp3) is 0.250. The van der Waals surface area contributed by atoms with E-state index in [1.807, 2.05) is 32.0 Å². The van der Waals surface area contributed by atoms with Crippen LogP contribution in [0.25, 0.3) is 0 Å². The predicted octanol–water partition coefficient (Wildman–Crippen LogP) is 3.00. The Morgan fingerprint density at radius 3 is 2.57 bits per heavy atom. The molecule has 0 saturated carbocycles. The van der Waals surface area contributed by atoms with Gasteiger partial charge in [-0.2, -0.15) is 0 Å². The molecule has 21 heavy (non-hydrogen) atoms. The third kappa shape index (κ3) is 3.72. The second-order valence-electron chi connectivity index (χ2n) is 4.83. The third-order valence-corrected chi connectivity index (χ3v) is 3.07. The Kier molecular flexibility index (Phi) is 4.42. The number of carbonyl (C=O) groups excluding carboxylic acids is 2. The molecule has 2 rings (SSSR count). The van der Waals surface area contributed by atoms with Crippen LogP contribution in [-0.4, -0.2) is 18.5 Å². The van der Waals surface area contributed by atoms with Gasteiger partial charge in [0.05, 0.1) is 6.26 Å². The SMILES string of the molecule is Cc1ccc(NC(=O)COC(=O)c2ccoc2C)c(C)c1. The van der Waals surface area contributed by atoms with Gasteiger partial charge in [0.25, 0.3) is 5.91 Å². The van der Waals surface area contributed by atoms with Gasteiger partial charge in [0.1, 0.15) is 11.3 Å².